The lowest BCUT2D eigenvalue weighted by molar-refractivity contribution is 0.0982. The summed E-state index contributed by atoms with van der Waals surface area (Å²) in [5.74, 6) is -0.428. The predicted octanol–water partition coefficient (Wildman–Crippen LogP) is 6.52. The first kappa shape index (κ1) is 22.0. The first-order valence-corrected chi connectivity index (χ1v) is 10.4. The van der Waals surface area contributed by atoms with Gasteiger partial charge in [-0.05, 0) is 48.1 Å². The zero-order valence-electron chi connectivity index (χ0n) is 18.3. The van der Waals surface area contributed by atoms with Crippen molar-refractivity contribution in [1.29, 1.82) is 0 Å². The maximum Gasteiger partial charge on any atom is 0.165 e. The molecular formula is C25H29F2NO2. The van der Waals surface area contributed by atoms with Crippen LogP contribution in [0.3, 0.4) is 0 Å². The summed E-state index contributed by atoms with van der Waals surface area (Å²) in [5, 5.41) is 0.912. The van der Waals surface area contributed by atoms with Crippen molar-refractivity contribution in [2.45, 2.75) is 53.0 Å². The average Bonchev–Trinajstić information content (AvgIpc) is 3.01. The van der Waals surface area contributed by atoms with Crippen molar-refractivity contribution >= 4 is 16.7 Å². The number of halogens is 2. The standard InChI is InChI=1S/C25H29F2NO2/c1-15(2)14-28-22-13-18(30-5)8-9-19(22)24(25(28)16(3)4)23(29)11-7-17-6-10-20(26)21(27)12-17/h6,8-10,12-13,15-16H,7,11,14H2,1-5H3. The second-order valence-electron chi connectivity index (χ2n) is 8.47. The number of rotatable bonds is 8. The Kier molecular flexibility index (Phi) is 6.59. The lowest BCUT2D eigenvalue weighted by Crippen LogP contribution is -2.12. The van der Waals surface area contributed by atoms with Gasteiger partial charge in [0.15, 0.2) is 17.4 Å². The minimum atomic E-state index is -0.886. The molecule has 0 amide bonds. The highest BCUT2D eigenvalue weighted by atomic mass is 19.2. The van der Waals surface area contributed by atoms with Gasteiger partial charge in [0.1, 0.15) is 5.75 Å². The van der Waals surface area contributed by atoms with E-state index in [-0.39, 0.29) is 18.1 Å². The Morgan fingerprint density at radius 3 is 2.37 bits per heavy atom. The highest BCUT2D eigenvalue weighted by molar-refractivity contribution is 6.10. The van der Waals surface area contributed by atoms with Crippen LogP contribution in [0.2, 0.25) is 0 Å². The number of nitrogens with zero attached hydrogens (tertiary/aromatic N) is 1. The summed E-state index contributed by atoms with van der Waals surface area (Å²) in [6.07, 6.45) is 0.595. The van der Waals surface area contributed by atoms with Gasteiger partial charge in [-0.3, -0.25) is 4.79 Å². The molecule has 0 saturated heterocycles. The van der Waals surface area contributed by atoms with Crippen LogP contribution in [0.1, 0.15) is 61.6 Å². The second kappa shape index (κ2) is 8.99. The SMILES string of the molecule is COc1ccc2c(C(=O)CCc3ccc(F)c(F)c3)c(C(C)C)n(CC(C)C)c2c1. The summed E-state index contributed by atoms with van der Waals surface area (Å²) in [7, 11) is 1.63. The summed E-state index contributed by atoms with van der Waals surface area (Å²) >= 11 is 0. The Balaban J connectivity index is 2.05. The van der Waals surface area contributed by atoms with E-state index in [1.54, 1.807) is 7.11 Å². The predicted molar refractivity (Wildman–Crippen MR) is 116 cm³/mol. The highest BCUT2D eigenvalue weighted by Gasteiger charge is 2.25. The van der Waals surface area contributed by atoms with Gasteiger partial charge >= 0.3 is 0 Å². The number of hydrogen-bond acceptors (Lipinski definition) is 2. The molecule has 0 N–H and O–H groups in total. The van der Waals surface area contributed by atoms with Crippen molar-refractivity contribution in [3.05, 3.63) is 64.9 Å². The van der Waals surface area contributed by atoms with Crippen LogP contribution in [-0.4, -0.2) is 17.5 Å². The third-order valence-electron chi connectivity index (χ3n) is 5.31. The smallest absolute Gasteiger partial charge is 0.165 e. The van der Waals surface area contributed by atoms with E-state index < -0.39 is 11.6 Å². The molecule has 0 atom stereocenters. The molecule has 160 valence electrons. The number of methoxy groups -OCH3 is 1. The molecule has 0 radical (unpaired) electrons. The van der Waals surface area contributed by atoms with E-state index in [4.69, 9.17) is 4.74 Å². The number of benzene rings is 2. The number of fused-ring (bicyclic) bond motifs is 1. The highest BCUT2D eigenvalue weighted by Crippen LogP contribution is 2.35. The van der Waals surface area contributed by atoms with Gasteiger partial charge in [-0.15, -0.1) is 0 Å². The van der Waals surface area contributed by atoms with Crippen molar-refractivity contribution in [3.8, 4) is 5.75 Å². The first-order chi connectivity index (χ1) is 14.2. The molecule has 0 fully saturated rings. The Labute approximate surface area is 176 Å². The van der Waals surface area contributed by atoms with Gasteiger partial charge in [0.05, 0.1) is 12.6 Å². The van der Waals surface area contributed by atoms with E-state index in [0.717, 1.165) is 40.5 Å². The summed E-state index contributed by atoms with van der Waals surface area (Å²) in [6, 6.07) is 9.60. The molecule has 0 saturated carbocycles. The molecule has 0 spiro atoms. The quantitative estimate of drug-likeness (QED) is 0.394. The van der Waals surface area contributed by atoms with E-state index in [2.05, 4.69) is 32.3 Å². The summed E-state index contributed by atoms with van der Waals surface area (Å²) in [6.45, 7) is 9.29. The summed E-state index contributed by atoms with van der Waals surface area (Å²) in [4.78, 5) is 13.4. The topological polar surface area (TPSA) is 31.2 Å². The third kappa shape index (κ3) is 4.40. The fourth-order valence-electron chi connectivity index (χ4n) is 4.01. The molecule has 0 aliphatic heterocycles. The lowest BCUT2D eigenvalue weighted by atomic mass is 9.96. The monoisotopic (exact) mass is 413 g/mol. The maximum absolute atomic E-state index is 13.5. The molecule has 30 heavy (non-hydrogen) atoms. The Morgan fingerprint density at radius 1 is 1.03 bits per heavy atom. The molecule has 0 bridgehead atoms. The Hall–Kier alpha value is -2.69. The van der Waals surface area contributed by atoms with E-state index in [9.17, 15) is 13.6 Å². The number of ether oxygens (including phenoxy) is 1. The van der Waals surface area contributed by atoms with E-state index >= 15 is 0 Å². The molecule has 3 aromatic rings. The largest absolute Gasteiger partial charge is 0.497 e. The first-order valence-electron chi connectivity index (χ1n) is 10.4. The van der Waals surface area contributed by atoms with E-state index in [0.29, 0.717) is 17.9 Å². The van der Waals surface area contributed by atoms with E-state index in [1.165, 1.54) is 12.1 Å². The minimum absolute atomic E-state index is 0.0149. The average molecular weight is 414 g/mol. The number of hydrogen-bond donors (Lipinski definition) is 0. The molecule has 0 aliphatic carbocycles. The van der Waals surface area contributed by atoms with Gasteiger partial charge in [-0.1, -0.05) is 33.8 Å². The molecule has 5 heteroatoms. The van der Waals surface area contributed by atoms with Gasteiger partial charge in [0, 0.05) is 35.7 Å². The van der Waals surface area contributed by atoms with Gasteiger partial charge in [0.25, 0.3) is 0 Å². The Morgan fingerprint density at radius 2 is 1.77 bits per heavy atom. The van der Waals surface area contributed by atoms with Crippen molar-refractivity contribution in [2.75, 3.05) is 7.11 Å². The molecule has 2 aromatic carbocycles. The van der Waals surface area contributed by atoms with Gasteiger partial charge < -0.3 is 9.30 Å². The molecule has 1 aromatic heterocycles. The van der Waals surface area contributed by atoms with Crippen LogP contribution in [0.4, 0.5) is 8.78 Å². The van der Waals surface area contributed by atoms with Crippen LogP contribution in [-0.2, 0) is 13.0 Å². The molecule has 0 unspecified atom stereocenters. The fourth-order valence-corrected chi connectivity index (χ4v) is 4.01. The zero-order chi connectivity index (χ0) is 22.0. The van der Waals surface area contributed by atoms with Crippen LogP contribution in [0.5, 0.6) is 5.75 Å². The number of aromatic nitrogens is 1. The molecule has 3 rings (SSSR count). The van der Waals surface area contributed by atoms with Crippen LogP contribution in [0.15, 0.2) is 36.4 Å². The van der Waals surface area contributed by atoms with Crippen molar-refractivity contribution in [2.24, 2.45) is 5.92 Å². The molecule has 1 heterocycles. The maximum atomic E-state index is 13.5. The van der Waals surface area contributed by atoms with Gasteiger partial charge in [-0.2, -0.15) is 0 Å². The number of aryl methyl sites for hydroxylation is 1. The van der Waals surface area contributed by atoms with Crippen molar-refractivity contribution < 1.29 is 18.3 Å². The number of carbonyl (C=O) groups excluding carboxylic acids is 1. The zero-order valence-corrected chi connectivity index (χ0v) is 18.3. The van der Waals surface area contributed by atoms with E-state index in [1.807, 2.05) is 18.2 Å². The van der Waals surface area contributed by atoms with Crippen LogP contribution >= 0.6 is 0 Å². The van der Waals surface area contributed by atoms with Gasteiger partial charge in [0.2, 0.25) is 0 Å². The number of Topliss-reactive ketones (excluding diaryl/α,β-unsaturated/α-hetero) is 1. The Bertz CT molecular complexity index is 1070. The third-order valence-corrected chi connectivity index (χ3v) is 5.31. The van der Waals surface area contributed by atoms with Crippen molar-refractivity contribution in [3.63, 3.8) is 0 Å². The molecule has 3 nitrogen and oxygen atoms in total. The molecule has 0 aliphatic rings. The normalized spacial score (nSPS) is 11.6. The van der Waals surface area contributed by atoms with Gasteiger partial charge in [-0.25, -0.2) is 8.78 Å². The lowest BCUT2D eigenvalue weighted by Gasteiger charge is -2.17. The van der Waals surface area contributed by atoms with Crippen LogP contribution < -0.4 is 4.74 Å². The van der Waals surface area contributed by atoms with Crippen LogP contribution in [0.25, 0.3) is 10.9 Å². The minimum Gasteiger partial charge on any atom is -0.497 e. The fraction of sp³-hybridized carbons (Fsp3) is 0.400. The van der Waals surface area contributed by atoms with Crippen LogP contribution in [0, 0.1) is 17.6 Å². The number of ketones is 1. The molecular weight excluding hydrogens is 384 g/mol. The summed E-state index contributed by atoms with van der Waals surface area (Å²) < 4.78 is 34.4. The summed E-state index contributed by atoms with van der Waals surface area (Å²) in [5.41, 5.74) is 3.34. The number of carbonyl (C=O) groups is 1. The van der Waals surface area contributed by atoms with Crippen molar-refractivity contribution in [1.82, 2.24) is 4.57 Å². The second-order valence-corrected chi connectivity index (χ2v) is 8.47.